The average Bonchev–Trinajstić information content (AvgIpc) is 2.41. The van der Waals surface area contributed by atoms with Crippen LogP contribution in [-0.4, -0.2) is 56.7 Å². The molecule has 5 heteroatoms. The van der Waals surface area contributed by atoms with Gasteiger partial charge in [-0.2, -0.15) is 0 Å². The molecule has 0 radical (unpaired) electrons. The van der Waals surface area contributed by atoms with Crippen LogP contribution >= 0.6 is 0 Å². The van der Waals surface area contributed by atoms with E-state index in [9.17, 15) is 8.76 Å². The SMILES string of the molecule is O=S(O)C(CCN1CCCCC1)N1CCCCC1. The van der Waals surface area contributed by atoms with Gasteiger partial charge in [0, 0.05) is 6.54 Å². The van der Waals surface area contributed by atoms with E-state index in [0.717, 1.165) is 26.1 Å². The molecular weight excluding hydrogens is 248 g/mol. The zero-order valence-electron chi connectivity index (χ0n) is 11.2. The van der Waals surface area contributed by atoms with E-state index in [0.29, 0.717) is 0 Å². The molecular formula is C13H26N2O2S. The van der Waals surface area contributed by atoms with Crippen LogP contribution in [0.2, 0.25) is 0 Å². The molecule has 2 aliphatic rings. The van der Waals surface area contributed by atoms with Crippen molar-refractivity contribution in [3.05, 3.63) is 0 Å². The summed E-state index contributed by atoms with van der Waals surface area (Å²) >= 11 is -1.71. The van der Waals surface area contributed by atoms with Crippen molar-refractivity contribution in [2.75, 3.05) is 32.7 Å². The minimum Gasteiger partial charge on any atom is -0.305 e. The first-order valence-electron chi connectivity index (χ1n) is 7.33. The van der Waals surface area contributed by atoms with Crippen molar-refractivity contribution in [1.29, 1.82) is 0 Å². The van der Waals surface area contributed by atoms with Crippen molar-refractivity contribution < 1.29 is 8.76 Å². The monoisotopic (exact) mass is 274 g/mol. The second-order valence-electron chi connectivity index (χ2n) is 5.52. The number of nitrogens with zero attached hydrogens (tertiary/aromatic N) is 2. The van der Waals surface area contributed by atoms with Gasteiger partial charge < -0.3 is 9.45 Å². The van der Waals surface area contributed by atoms with Gasteiger partial charge in [0.05, 0.1) is 0 Å². The van der Waals surface area contributed by atoms with E-state index in [2.05, 4.69) is 9.80 Å². The van der Waals surface area contributed by atoms with Crippen LogP contribution in [0.25, 0.3) is 0 Å². The molecule has 4 nitrogen and oxygen atoms in total. The van der Waals surface area contributed by atoms with E-state index < -0.39 is 11.1 Å². The van der Waals surface area contributed by atoms with Crippen LogP contribution < -0.4 is 0 Å². The summed E-state index contributed by atoms with van der Waals surface area (Å²) in [4.78, 5) is 4.68. The van der Waals surface area contributed by atoms with Gasteiger partial charge in [0.1, 0.15) is 5.37 Å². The lowest BCUT2D eigenvalue weighted by Gasteiger charge is -2.34. The van der Waals surface area contributed by atoms with Crippen LogP contribution in [0.1, 0.15) is 44.9 Å². The van der Waals surface area contributed by atoms with E-state index in [1.165, 1.54) is 51.6 Å². The number of rotatable bonds is 5. The summed E-state index contributed by atoms with van der Waals surface area (Å²) in [6.07, 6.45) is 8.39. The van der Waals surface area contributed by atoms with Crippen LogP contribution in [0.4, 0.5) is 0 Å². The lowest BCUT2D eigenvalue weighted by atomic mass is 10.1. The van der Waals surface area contributed by atoms with Crippen molar-refractivity contribution >= 4 is 11.1 Å². The third-order valence-corrected chi connectivity index (χ3v) is 5.17. The zero-order chi connectivity index (χ0) is 12.8. The molecule has 106 valence electrons. The molecule has 2 atom stereocenters. The molecule has 0 aromatic heterocycles. The van der Waals surface area contributed by atoms with E-state index in [1.807, 2.05) is 0 Å². The van der Waals surface area contributed by atoms with Gasteiger partial charge in [-0.1, -0.05) is 12.8 Å². The van der Waals surface area contributed by atoms with E-state index >= 15 is 0 Å². The van der Waals surface area contributed by atoms with Crippen LogP contribution in [0.3, 0.4) is 0 Å². The van der Waals surface area contributed by atoms with Crippen molar-refractivity contribution in [1.82, 2.24) is 9.80 Å². The van der Waals surface area contributed by atoms with Crippen molar-refractivity contribution in [3.8, 4) is 0 Å². The maximum atomic E-state index is 11.5. The van der Waals surface area contributed by atoms with Gasteiger partial charge in [0.15, 0.2) is 11.1 Å². The Balaban J connectivity index is 1.79. The summed E-state index contributed by atoms with van der Waals surface area (Å²) in [6, 6.07) is 0. The van der Waals surface area contributed by atoms with E-state index in [-0.39, 0.29) is 5.37 Å². The molecule has 0 aromatic carbocycles. The highest BCUT2D eigenvalue weighted by Gasteiger charge is 2.25. The first-order valence-corrected chi connectivity index (χ1v) is 8.50. The molecule has 0 amide bonds. The van der Waals surface area contributed by atoms with Gasteiger partial charge in [0.25, 0.3) is 0 Å². The number of likely N-dealkylation sites (tertiary alicyclic amines) is 2. The van der Waals surface area contributed by atoms with Crippen molar-refractivity contribution in [2.45, 2.75) is 50.3 Å². The first-order chi connectivity index (χ1) is 8.77. The Labute approximate surface area is 113 Å². The largest absolute Gasteiger partial charge is 0.305 e. The Bertz CT molecular complexity index is 264. The maximum Gasteiger partial charge on any atom is 0.170 e. The van der Waals surface area contributed by atoms with Crippen LogP contribution in [0.15, 0.2) is 0 Å². The van der Waals surface area contributed by atoms with Crippen molar-refractivity contribution in [3.63, 3.8) is 0 Å². The Morgan fingerprint density at radius 1 is 0.944 bits per heavy atom. The fourth-order valence-electron chi connectivity index (χ4n) is 3.09. The summed E-state index contributed by atoms with van der Waals surface area (Å²) in [5, 5.41) is -0.146. The molecule has 0 spiro atoms. The second-order valence-corrected chi connectivity index (χ2v) is 6.61. The highest BCUT2D eigenvalue weighted by atomic mass is 32.2. The lowest BCUT2D eigenvalue weighted by Crippen LogP contribution is -2.44. The summed E-state index contributed by atoms with van der Waals surface area (Å²) in [5.41, 5.74) is 0. The predicted molar refractivity (Wildman–Crippen MR) is 74.9 cm³/mol. The van der Waals surface area contributed by atoms with Gasteiger partial charge in [-0.25, -0.2) is 4.21 Å². The van der Waals surface area contributed by atoms with Gasteiger partial charge in [-0.15, -0.1) is 0 Å². The van der Waals surface area contributed by atoms with Gasteiger partial charge >= 0.3 is 0 Å². The minimum atomic E-state index is -1.71. The number of hydrogen-bond donors (Lipinski definition) is 1. The van der Waals surface area contributed by atoms with E-state index in [1.54, 1.807) is 0 Å². The molecule has 2 rings (SSSR count). The number of piperidine rings is 2. The quantitative estimate of drug-likeness (QED) is 0.778. The molecule has 1 N–H and O–H groups in total. The second kappa shape index (κ2) is 7.58. The Kier molecular flexibility index (Phi) is 6.08. The third-order valence-electron chi connectivity index (χ3n) is 4.17. The minimum absolute atomic E-state index is 0.146. The van der Waals surface area contributed by atoms with Crippen LogP contribution in [-0.2, 0) is 11.1 Å². The molecule has 2 saturated heterocycles. The Hall–Kier alpha value is 0.0300. The molecule has 2 unspecified atom stereocenters. The van der Waals surface area contributed by atoms with Crippen LogP contribution in [0, 0.1) is 0 Å². The Morgan fingerprint density at radius 2 is 1.50 bits per heavy atom. The predicted octanol–water partition coefficient (Wildman–Crippen LogP) is 1.90. The highest BCUT2D eigenvalue weighted by molar-refractivity contribution is 7.79. The summed E-state index contributed by atoms with van der Waals surface area (Å²) in [5.74, 6) is 0. The van der Waals surface area contributed by atoms with E-state index in [4.69, 9.17) is 0 Å². The molecule has 0 aliphatic carbocycles. The molecule has 2 fully saturated rings. The van der Waals surface area contributed by atoms with Gasteiger partial charge in [-0.3, -0.25) is 4.90 Å². The third kappa shape index (κ3) is 4.30. The standard InChI is InChI=1S/C13H26N2O2S/c16-18(17)13(15-10-5-2-6-11-15)7-12-14-8-3-1-4-9-14/h13H,1-12H2,(H,16,17). The smallest absolute Gasteiger partial charge is 0.170 e. The average molecular weight is 274 g/mol. The summed E-state index contributed by atoms with van der Waals surface area (Å²) in [7, 11) is 0. The fraction of sp³-hybridized carbons (Fsp3) is 1.00. The van der Waals surface area contributed by atoms with Crippen LogP contribution in [0.5, 0.6) is 0 Å². The number of hydrogen-bond acceptors (Lipinski definition) is 3. The summed E-state index contributed by atoms with van der Waals surface area (Å²) < 4.78 is 21.0. The maximum absolute atomic E-state index is 11.5. The molecule has 18 heavy (non-hydrogen) atoms. The molecule has 0 aromatic rings. The topological polar surface area (TPSA) is 43.8 Å². The van der Waals surface area contributed by atoms with Crippen molar-refractivity contribution in [2.24, 2.45) is 0 Å². The van der Waals surface area contributed by atoms with Gasteiger partial charge in [0.2, 0.25) is 0 Å². The highest BCUT2D eigenvalue weighted by Crippen LogP contribution is 2.17. The fourth-order valence-corrected chi connectivity index (χ4v) is 3.87. The van der Waals surface area contributed by atoms with Gasteiger partial charge in [-0.05, 0) is 58.3 Å². The normalized spacial score (nSPS) is 26.9. The summed E-state index contributed by atoms with van der Waals surface area (Å²) in [6.45, 7) is 5.32. The zero-order valence-corrected chi connectivity index (χ0v) is 12.0. The molecule has 0 bridgehead atoms. The molecule has 2 aliphatic heterocycles. The molecule has 2 heterocycles. The Morgan fingerprint density at radius 3 is 2.06 bits per heavy atom. The lowest BCUT2D eigenvalue weighted by molar-refractivity contribution is 0.168. The molecule has 0 saturated carbocycles. The first kappa shape index (κ1) is 14.4.